The molecule has 0 spiro atoms. The summed E-state index contributed by atoms with van der Waals surface area (Å²) in [5, 5.41) is 4.99. The molecule has 1 atom stereocenters. The normalized spacial score (nSPS) is 12.5. The van der Waals surface area contributed by atoms with Gasteiger partial charge in [0.1, 0.15) is 0 Å². The smallest absolute Gasteiger partial charge is 0.0581 e. The molecule has 1 aromatic heterocycles. The van der Waals surface area contributed by atoms with Crippen LogP contribution in [0.2, 0.25) is 0 Å². The van der Waals surface area contributed by atoms with Gasteiger partial charge in [0.15, 0.2) is 0 Å². The van der Waals surface area contributed by atoms with Crippen LogP contribution in [0.3, 0.4) is 0 Å². The number of anilines is 1. The second kappa shape index (κ2) is 6.12. The molecule has 0 aliphatic rings. The number of thioether (sulfide) groups is 1. The quantitative estimate of drug-likeness (QED) is 0.584. The summed E-state index contributed by atoms with van der Waals surface area (Å²) in [6.07, 6.45) is 2.10. The van der Waals surface area contributed by atoms with Gasteiger partial charge >= 0.3 is 0 Å². The van der Waals surface area contributed by atoms with Crippen molar-refractivity contribution in [1.82, 2.24) is 0 Å². The third-order valence-electron chi connectivity index (χ3n) is 3.75. The van der Waals surface area contributed by atoms with E-state index < -0.39 is 0 Å². The molecule has 1 N–H and O–H groups in total. The third-order valence-corrected chi connectivity index (χ3v) is 5.95. The maximum absolute atomic E-state index is 3.61. The van der Waals surface area contributed by atoms with Crippen LogP contribution in [-0.2, 0) is 0 Å². The first-order valence-electron chi connectivity index (χ1n) is 7.07. The first kappa shape index (κ1) is 14.5. The number of fused-ring (bicyclic) bond motifs is 1. The zero-order valence-electron chi connectivity index (χ0n) is 12.5. The zero-order chi connectivity index (χ0) is 14.8. The summed E-state index contributed by atoms with van der Waals surface area (Å²) in [5.41, 5.74) is 2.58. The van der Waals surface area contributed by atoms with Crippen molar-refractivity contribution in [3.8, 4) is 0 Å². The lowest BCUT2D eigenvalue weighted by Crippen LogP contribution is -2.05. The van der Waals surface area contributed by atoms with E-state index in [1.807, 2.05) is 11.3 Å². The van der Waals surface area contributed by atoms with Crippen molar-refractivity contribution in [2.75, 3.05) is 11.6 Å². The van der Waals surface area contributed by atoms with Crippen LogP contribution in [0.5, 0.6) is 0 Å². The SMILES string of the molecule is CSc1ccc(NC(C)c2sc3ccccc3c2C)cc1. The topological polar surface area (TPSA) is 12.0 Å². The lowest BCUT2D eigenvalue weighted by Gasteiger charge is -2.15. The minimum absolute atomic E-state index is 0.322. The molecule has 0 aliphatic carbocycles. The summed E-state index contributed by atoms with van der Waals surface area (Å²) in [7, 11) is 0. The molecule has 3 rings (SSSR count). The fourth-order valence-electron chi connectivity index (χ4n) is 2.61. The minimum Gasteiger partial charge on any atom is -0.378 e. The van der Waals surface area contributed by atoms with E-state index in [0.29, 0.717) is 6.04 Å². The van der Waals surface area contributed by atoms with E-state index in [1.54, 1.807) is 11.8 Å². The van der Waals surface area contributed by atoms with Gasteiger partial charge in [0.2, 0.25) is 0 Å². The summed E-state index contributed by atoms with van der Waals surface area (Å²) in [6, 6.07) is 17.6. The highest BCUT2D eigenvalue weighted by atomic mass is 32.2. The van der Waals surface area contributed by atoms with Crippen LogP contribution in [0.4, 0.5) is 5.69 Å². The molecule has 0 saturated heterocycles. The van der Waals surface area contributed by atoms with E-state index in [4.69, 9.17) is 0 Å². The number of hydrogen-bond donors (Lipinski definition) is 1. The van der Waals surface area contributed by atoms with Crippen molar-refractivity contribution in [3.05, 3.63) is 59.0 Å². The molecule has 3 heteroatoms. The Hall–Kier alpha value is -1.45. The predicted octanol–water partition coefficient (Wildman–Crippen LogP) is 6.10. The van der Waals surface area contributed by atoms with Gasteiger partial charge in [-0.1, -0.05) is 18.2 Å². The Morgan fingerprint density at radius 2 is 1.76 bits per heavy atom. The van der Waals surface area contributed by atoms with Crippen molar-refractivity contribution in [3.63, 3.8) is 0 Å². The van der Waals surface area contributed by atoms with Gasteiger partial charge in [0.05, 0.1) is 6.04 Å². The van der Waals surface area contributed by atoms with Crippen LogP contribution in [-0.4, -0.2) is 6.26 Å². The largest absolute Gasteiger partial charge is 0.378 e. The van der Waals surface area contributed by atoms with E-state index >= 15 is 0 Å². The first-order valence-corrected chi connectivity index (χ1v) is 9.12. The van der Waals surface area contributed by atoms with E-state index in [0.717, 1.165) is 0 Å². The Balaban J connectivity index is 1.86. The molecule has 2 aromatic carbocycles. The molecule has 0 radical (unpaired) electrons. The Morgan fingerprint density at radius 1 is 1.05 bits per heavy atom. The monoisotopic (exact) mass is 313 g/mol. The Kier molecular flexibility index (Phi) is 4.22. The fourth-order valence-corrected chi connectivity index (χ4v) is 4.23. The van der Waals surface area contributed by atoms with E-state index in [2.05, 4.69) is 74.0 Å². The molecule has 0 bridgehead atoms. The Bertz CT molecular complexity index is 744. The van der Waals surface area contributed by atoms with Gasteiger partial charge in [0.25, 0.3) is 0 Å². The number of thiophene rings is 1. The molecule has 0 fully saturated rings. The minimum atomic E-state index is 0.322. The van der Waals surface area contributed by atoms with E-state index in [1.165, 1.54) is 31.1 Å². The second-order valence-electron chi connectivity index (χ2n) is 5.18. The van der Waals surface area contributed by atoms with Crippen LogP contribution in [0, 0.1) is 6.92 Å². The van der Waals surface area contributed by atoms with Crippen molar-refractivity contribution >= 4 is 38.9 Å². The zero-order valence-corrected chi connectivity index (χ0v) is 14.1. The van der Waals surface area contributed by atoms with E-state index in [9.17, 15) is 0 Å². The van der Waals surface area contributed by atoms with Crippen molar-refractivity contribution < 1.29 is 0 Å². The summed E-state index contributed by atoms with van der Waals surface area (Å²) >= 11 is 3.66. The summed E-state index contributed by atoms with van der Waals surface area (Å²) in [5.74, 6) is 0. The summed E-state index contributed by atoms with van der Waals surface area (Å²) < 4.78 is 1.37. The van der Waals surface area contributed by atoms with Crippen molar-refractivity contribution in [1.29, 1.82) is 0 Å². The average Bonchev–Trinajstić information content (AvgIpc) is 2.86. The molecule has 3 aromatic rings. The van der Waals surface area contributed by atoms with Crippen LogP contribution >= 0.6 is 23.1 Å². The lowest BCUT2D eigenvalue weighted by molar-refractivity contribution is 0.900. The van der Waals surface area contributed by atoms with Crippen LogP contribution in [0.25, 0.3) is 10.1 Å². The van der Waals surface area contributed by atoms with Gasteiger partial charge in [-0.15, -0.1) is 23.1 Å². The fraction of sp³-hybridized carbons (Fsp3) is 0.222. The molecule has 1 heterocycles. The summed E-state index contributed by atoms with van der Waals surface area (Å²) in [6.45, 7) is 4.46. The Morgan fingerprint density at radius 3 is 2.43 bits per heavy atom. The third kappa shape index (κ3) is 2.94. The van der Waals surface area contributed by atoms with Gasteiger partial charge < -0.3 is 5.32 Å². The van der Waals surface area contributed by atoms with Crippen LogP contribution < -0.4 is 5.32 Å². The van der Waals surface area contributed by atoms with Crippen LogP contribution in [0.15, 0.2) is 53.4 Å². The van der Waals surface area contributed by atoms with Gasteiger partial charge in [-0.25, -0.2) is 0 Å². The van der Waals surface area contributed by atoms with Gasteiger partial charge in [0, 0.05) is 20.2 Å². The number of nitrogens with one attached hydrogen (secondary N) is 1. The summed E-state index contributed by atoms with van der Waals surface area (Å²) in [4.78, 5) is 2.72. The van der Waals surface area contributed by atoms with E-state index in [-0.39, 0.29) is 0 Å². The lowest BCUT2D eigenvalue weighted by atomic mass is 10.1. The molecule has 0 aliphatic heterocycles. The molecule has 1 nitrogen and oxygen atoms in total. The standard InChI is InChI=1S/C18H19NS2/c1-12-16-6-4-5-7-17(16)21-18(12)13(2)19-14-8-10-15(20-3)11-9-14/h4-11,13,19H,1-3H3. The number of hydrogen-bond acceptors (Lipinski definition) is 3. The molecule has 21 heavy (non-hydrogen) atoms. The predicted molar refractivity (Wildman–Crippen MR) is 96.8 cm³/mol. The Labute approximate surface area is 134 Å². The highest BCUT2D eigenvalue weighted by molar-refractivity contribution is 7.98. The van der Waals surface area contributed by atoms with Gasteiger partial charge in [-0.05, 0) is 61.4 Å². The first-order chi connectivity index (χ1) is 10.2. The molecule has 108 valence electrons. The number of aryl methyl sites for hydroxylation is 1. The maximum atomic E-state index is 3.61. The van der Waals surface area contributed by atoms with Gasteiger partial charge in [-0.3, -0.25) is 0 Å². The van der Waals surface area contributed by atoms with Crippen molar-refractivity contribution in [2.24, 2.45) is 0 Å². The molecule has 0 amide bonds. The number of rotatable bonds is 4. The second-order valence-corrected chi connectivity index (χ2v) is 7.15. The highest BCUT2D eigenvalue weighted by Gasteiger charge is 2.14. The highest BCUT2D eigenvalue weighted by Crippen LogP contribution is 2.35. The molecular weight excluding hydrogens is 294 g/mol. The van der Waals surface area contributed by atoms with Crippen LogP contribution in [0.1, 0.15) is 23.4 Å². The number of benzene rings is 2. The maximum Gasteiger partial charge on any atom is 0.0581 e. The molecular formula is C18H19NS2. The average molecular weight is 313 g/mol. The van der Waals surface area contributed by atoms with Gasteiger partial charge in [-0.2, -0.15) is 0 Å². The van der Waals surface area contributed by atoms with Crippen molar-refractivity contribution in [2.45, 2.75) is 24.8 Å². The molecule has 0 saturated carbocycles. The molecule has 1 unspecified atom stereocenters.